The molecule has 6 N–H and O–H groups in total. The second-order valence-electron chi connectivity index (χ2n) is 8.41. The lowest BCUT2D eigenvalue weighted by Crippen LogP contribution is -2.46. The molecule has 194 valence electrons. The molecule has 0 aromatic carbocycles. The number of urea groups is 1. The van der Waals surface area contributed by atoms with Gasteiger partial charge in [-0.3, -0.25) is 15.1 Å². The Bertz CT molecular complexity index is 665. The van der Waals surface area contributed by atoms with Crippen LogP contribution in [0.1, 0.15) is 77.6 Å². The van der Waals surface area contributed by atoms with Crippen LogP contribution in [0.15, 0.2) is 22.1 Å². The van der Waals surface area contributed by atoms with E-state index in [1.54, 1.807) is 0 Å². The van der Waals surface area contributed by atoms with E-state index in [1.807, 2.05) is 24.0 Å². The number of carbonyl (C=O) groups is 2. The van der Waals surface area contributed by atoms with Crippen molar-refractivity contribution in [2.45, 2.75) is 77.6 Å². The summed E-state index contributed by atoms with van der Waals surface area (Å²) in [7, 11) is 0. The zero-order valence-electron chi connectivity index (χ0n) is 20.9. The Kier molecular flexibility index (Phi) is 16.9. The minimum Gasteiger partial charge on any atom is -0.466 e. The van der Waals surface area contributed by atoms with E-state index in [2.05, 4.69) is 20.6 Å². The van der Waals surface area contributed by atoms with Crippen LogP contribution in [-0.2, 0) is 9.53 Å². The Balaban J connectivity index is 2.27. The lowest BCUT2D eigenvalue weighted by Gasteiger charge is -2.23. The van der Waals surface area contributed by atoms with Crippen LogP contribution in [0.4, 0.5) is 4.79 Å². The van der Waals surface area contributed by atoms with E-state index in [-0.39, 0.29) is 30.9 Å². The molecule has 1 heterocycles. The largest absolute Gasteiger partial charge is 0.466 e. The van der Waals surface area contributed by atoms with Crippen LogP contribution in [0.3, 0.4) is 0 Å². The molecule has 0 radical (unpaired) electrons. The average Bonchev–Trinajstić information content (AvgIpc) is 2.80. The SMILES string of the molecule is C/C=C/CN=C(N)NCCCCCCCCN1CCCCCCOC(=O)CCN=C(N)NC1=O. The van der Waals surface area contributed by atoms with Crippen molar-refractivity contribution in [1.29, 1.82) is 0 Å². The molecule has 0 bridgehead atoms. The second-order valence-corrected chi connectivity index (χ2v) is 8.41. The highest BCUT2D eigenvalue weighted by Crippen LogP contribution is 2.08. The van der Waals surface area contributed by atoms with Crippen molar-refractivity contribution >= 4 is 23.9 Å². The number of hydrogen-bond acceptors (Lipinski definition) is 6. The van der Waals surface area contributed by atoms with Gasteiger partial charge in [-0.05, 0) is 39.0 Å². The van der Waals surface area contributed by atoms with Crippen molar-refractivity contribution in [1.82, 2.24) is 15.5 Å². The molecule has 2 amide bonds. The smallest absolute Gasteiger partial charge is 0.324 e. The van der Waals surface area contributed by atoms with Crippen molar-refractivity contribution in [2.24, 2.45) is 21.5 Å². The molecule has 0 aliphatic carbocycles. The van der Waals surface area contributed by atoms with Gasteiger partial charge in [-0.2, -0.15) is 0 Å². The number of carbonyl (C=O) groups excluding carboxylic acids is 2. The molecule has 0 saturated carbocycles. The fourth-order valence-electron chi connectivity index (χ4n) is 3.49. The van der Waals surface area contributed by atoms with E-state index in [0.717, 1.165) is 70.8 Å². The number of esters is 1. The summed E-state index contributed by atoms with van der Waals surface area (Å²) in [4.78, 5) is 34.3. The van der Waals surface area contributed by atoms with Gasteiger partial charge in [-0.25, -0.2) is 9.79 Å². The number of nitrogens with zero attached hydrogens (tertiary/aromatic N) is 3. The predicted octanol–water partition coefficient (Wildman–Crippen LogP) is 2.64. The monoisotopic (exact) mass is 479 g/mol. The van der Waals surface area contributed by atoms with Crippen LogP contribution >= 0.6 is 0 Å². The maximum atomic E-state index is 12.6. The number of guanidine groups is 2. The van der Waals surface area contributed by atoms with Gasteiger partial charge < -0.3 is 26.4 Å². The number of hydrogen-bond donors (Lipinski definition) is 4. The highest BCUT2D eigenvalue weighted by atomic mass is 16.5. The molecule has 1 aliphatic rings. The van der Waals surface area contributed by atoms with Crippen LogP contribution in [0.25, 0.3) is 0 Å². The number of allylic oxidation sites excluding steroid dienone is 1. The van der Waals surface area contributed by atoms with Crippen LogP contribution in [0.5, 0.6) is 0 Å². The number of nitrogens with two attached hydrogens (primary N) is 2. The topological polar surface area (TPSA) is 147 Å². The normalized spacial score (nSPS) is 17.5. The number of nitrogens with one attached hydrogen (secondary N) is 2. The second kappa shape index (κ2) is 19.7. The highest BCUT2D eigenvalue weighted by Gasteiger charge is 2.14. The quantitative estimate of drug-likeness (QED) is 0.118. The van der Waals surface area contributed by atoms with E-state index in [4.69, 9.17) is 16.2 Å². The predicted molar refractivity (Wildman–Crippen MR) is 138 cm³/mol. The molecule has 0 aromatic heterocycles. The molecule has 0 saturated heterocycles. The summed E-state index contributed by atoms with van der Waals surface area (Å²) < 4.78 is 5.17. The average molecular weight is 480 g/mol. The third-order valence-electron chi connectivity index (χ3n) is 5.47. The zero-order chi connectivity index (χ0) is 24.9. The maximum absolute atomic E-state index is 12.6. The minimum atomic E-state index is -0.284. The molecule has 34 heavy (non-hydrogen) atoms. The van der Waals surface area contributed by atoms with Gasteiger partial charge in [0.25, 0.3) is 0 Å². The van der Waals surface area contributed by atoms with Gasteiger partial charge in [0, 0.05) is 19.6 Å². The van der Waals surface area contributed by atoms with Crippen molar-refractivity contribution in [2.75, 3.05) is 39.3 Å². The van der Waals surface area contributed by atoms with Gasteiger partial charge in [-0.15, -0.1) is 0 Å². The standard InChI is InChI=1S/C24H45N7O3/c1-2-3-15-27-22(25)28-16-10-6-4-5-7-11-18-31-19-12-8-9-13-20-34-21(32)14-17-29-23(26)30-24(31)33/h2-3H,4-20H2,1H3,(H3,25,27,28)(H3,26,29,30,33)/b3-2+. The van der Waals surface area contributed by atoms with Crippen LogP contribution in [0, 0.1) is 0 Å². The highest BCUT2D eigenvalue weighted by molar-refractivity contribution is 5.95. The number of unbranched alkanes of at least 4 members (excludes halogenated alkanes) is 5. The number of amides is 2. The molecule has 10 nitrogen and oxygen atoms in total. The van der Waals surface area contributed by atoms with Gasteiger partial charge in [0.1, 0.15) is 0 Å². The molecule has 0 aromatic rings. The van der Waals surface area contributed by atoms with E-state index < -0.39 is 0 Å². The summed E-state index contributed by atoms with van der Waals surface area (Å²) in [5.74, 6) is 0.254. The van der Waals surface area contributed by atoms with Gasteiger partial charge >= 0.3 is 12.0 Å². The molecular formula is C24H45N7O3. The van der Waals surface area contributed by atoms with Crippen molar-refractivity contribution in [3.8, 4) is 0 Å². The first-order valence-corrected chi connectivity index (χ1v) is 12.7. The van der Waals surface area contributed by atoms with Crippen molar-refractivity contribution in [3.05, 3.63) is 12.2 Å². The van der Waals surface area contributed by atoms with Crippen LogP contribution < -0.4 is 22.1 Å². The zero-order valence-corrected chi connectivity index (χ0v) is 20.9. The Morgan fingerprint density at radius 2 is 1.88 bits per heavy atom. The van der Waals surface area contributed by atoms with Gasteiger partial charge in [0.05, 0.1) is 26.1 Å². The fourth-order valence-corrected chi connectivity index (χ4v) is 3.49. The molecule has 0 fully saturated rings. The molecule has 0 atom stereocenters. The third-order valence-corrected chi connectivity index (χ3v) is 5.47. The lowest BCUT2D eigenvalue weighted by atomic mass is 10.1. The van der Waals surface area contributed by atoms with E-state index in [0.29, 0.717) is 32.2 Å². The summed E-state index contributed by atoms with van der Waals surface area (Å²) in [6, 6.07) is -0.224. The van der Waals surface area contributed by atoms with E-state index in [9.17, 15) is 9.59 Å². The molecule has 10 heteroatoms. The summed E-state index contributed by atoms with van der Waals surface area (Å²) in [6.45, 7) is 5.43. The minimum absolute atomic E-state index is 0.0405. The summed E-state index contributed by atoms with van der Waals surface area (Å²) in [5, 5.41) is 5.78. The molecule has 1 aliphatic heterocycles. The molecule has 1 rings (SSSR count). The number of ether oxygens (including phenoxy) is 1. The number of cyclic esters (lactones) is 1. The van der Waals surface area contributed by atoms with Crippen LogP contribution in [0.2, 0.25) is 0 Å². The Morgan fingerprint density at radius 1 is 1.15 bits per heavy atom. The first kappa shape index (κ1) is 29.3. The van der Waals surface area contributed by atoms with E-state index in [1.165, 1.54) is 0 Å². The lowest BCUT2D eigenvalue weighted by molar-refractivity contribution is -0.143. The number of rotatable bonds is 11. The number of aliphatic imine (C=N–C) groups is 2. The molecule has 0 spiro atoms. The molecular weight excluding hydrogens is 434 g/mol. The van der Waals surface area contributed by atoms with Gasteiger partial charge in [-0.1, -0.05) is 44.3 Å². The Morgan fingerprint density at radius 3 is 2.68 bits per heavy atom. The summed E-state index contributed by atoms with van der Waals surface area (Å²) >= 11 is 0. The van der Waals surface area contributed by atoms with Gasteiger partial charge in [0.2, 0.25) is 0 Å². The fraction of sp³-hybridized carbons (Fsp3) is 0.750. The van der Waals surface area contributed by atoms with Crippen molar-refractivity contribution in [3.63, 3.8) is 0 Å². The summed E-state index contributed by atoms with van der Waals surface area (Å²) in [6.07, 6.45) is 14.3. The Labute approximate surface area is 204 Å². The maximum Gasteiger partial charge on any atom is 0.324 e. The van der Waals surface area contributed by atoms with Crippen molar-refractivity contribution < 1.29 is 14.3 Å². The first-order valence-electron chi connectivity index (χ1n) is 12.7. The first-order chi connectivity index (χ1) is 16.5. The Hall–Kier alpha value is -2.78. The van der Waals surface area contributed by atoms with E-state index >= 15 is 0 Å². The van der Waals surface area contributed by atoms with Crippen LogP contribution in [-0.4, -0.2) is 68.2 Å². The van der Waals surface area contributed by atoms with Gasteiger partial charge in [0.15, 0.2) is 11.9 Å². The third kappa shape index (κ3) is 15.9. The summed E-state index contributed by atoms with van der Waals surface area (Å²) in [5.41, 5.74) is 11.6. The molecule has 0 unspecified atom stereocenters.